The van der Waals surface area contributed by atoms with Crippen LogP contribution in [0.2, 0.25) is 4.34 Å². The number of fused-ring (bicyclic) bond motifs is 6. The highest BCUT2D eigenvalue weighted by atomic mass is 35.5. The number of sulfonamides is 1. The number of benzene rings is 2. The second-order valence-corrected chi connectivity index (χ2v) is 16.1. The number of nitrogens with zero attached hydrogens (tertiary/aromatic N) is 5. The van der Waals surface area contributed by atoms with E-state index in [2.05, 4.69) is 11.1 Å². The predicted octanol–water partition coefficient (Wildman–Crippen LogP) is 5.63. The number of pyridine rings is 1. The predicted molar refractivity (Wildman–Crippen MR) is 178 cm³/mol. The van der Waals surface area contributed by atoms with E-state index < -0.39 is 27.5 Å². The monoisotopic (exact) mass is 692 g/mol. The molecule has 2 aliphatic rings. The Morgan fingerprint density at radius 1 is 1.17 bits per heavy atom. The van der Waals surface area contributed by atoms with Gasteiger partial charge in [0.1, 0.15) is 18.0 Å². The number of carbonyl (C=O) groups excluding carboxylic acids is 1. The van der Waals surface area contributed by atoms with Gasteiger partial charge in [0.2, 0.25) is 21.4 Å². The zero-order valence-electron chi connectivity index (χ0n) is 26.5. The number of halogens is 1. The van der Waals surface area contributed by atoms with Gasteiger partial charge in [-0.15, -0.1) is 20.7 Å². The van der Waals surface area contributed by atoms with E-state index in [-0.39, 0.29) is 43.0 Å². The Hall–Kier alpha value is -3.84. The number of hydrogen-bond acceptors (Lipinski definition) is 8. The standard InChI is InChI=1S/C34H35ClN5O5S2/c1-5-39-26-14-13-25-21(2)30(26)40(37-39)19-24-18-38(47(42,43)28-12-9-15-36-32(28)45-24)17-23-16-27(46-31(23)35)29(25)34(3,4)33(41)44-20-22-10-7-6-8-11-22/h6-16,24,29H,5,17-20H2,1-4H3/q+1/t24-,29+/m0/s1. The number of aryl methyl sites for hydroxylation is 2. The molecule has 244 valence electrons. The van der Waals surface area contributed by atoms with E-state index in [9.17, 15) is 13.2 Å². The minimum Gasteiger partial charge on any atom is -0.468 e. The maximum Gasteiger partial charge on any atom is 0.312 e. The first-order valence-electron chi connectivity index (χ1n) is 15.5. The molecule has 1 unspecified atom stereocenters. The third-order valence-electron chi connectivity index (χ3n) is 9.10. The highest BCUT2D eigenvalue weighted by Crippen LogP contribution is 2.48. The normalized spacial score (nSPS) is 20.3. The second-order valence-electron chi connectivity index (χ2n) is 12.5. The zero-order chi connectivity index (χ0) is 33.1. The Balaban J connectivity index is 1.42. The van der Waals surface area contributed by atoms with Gasteiger partial charge in [-0.25, -0.2) is 13.4 Å². The van der Waals surface area contributed by atoms with Gasteiger partial charge in [0, 0.05) is 29.1 Å². The average molecular weight is 693 g/mol. The lowest BCUT2D eigenvalue weighted by molar-refractivity contribution is -0.738. The molecular weight excluding hydrogens is 658 g/mol. The van der Waals surface area contributed by atoms with Crippen molar-refractivity contribution in [1.29, 1.82) is 0 Å². The van der Waals surface area contributed by atoms with Gasteiger partial charge in [-0.05, 0) is 68.7 Å². The summed E-state index contributed by atoms with van der Waals surface area (Å²) in [6.07, 6.45) is 0.925. The van der Waals surface area contributed by atoms with Crippen LogP contribution in [0.25, 0.3) is 11.0 Å². The minimum atomic E-state index is -4.00. The molecule has 3 aromatic heterocycles. The molecule has 7 rings (SSSR count). The molecule has 0 spiro atoms. The molecule has 10 nitrogen and oxygen atoms in total. The lowest BCUT2D eigenvalue weighted by Gasteiger charge is -2.33. The number of ether oxygens (including phenoxy) is 2. The summed E-state index contributed by atoms with van der Waals surface area (Å²) in [7, 11) is -4.00. The van der Waals surface area contributed by atoms with E-state index in [0.717, 1.165) is 32.6 Å². The van der Waals surface area contributed by atoms with Crippen molar-refractivity contribution >= 4 is 50.0 Å². The summed E-state index contributed by atoms with van der Waals surface area (Å²) in [4.78, 5) is 19.2. The van der Waals surface area contributed by atoms with Crippen LogP contribution < -0.4 is 9.42 Å². The van der Waals surface area contributed by atoms with Gasteiger partial charge in [0.25, 0.3) is 0 Å². The van der Waals surface area contributed by atoms with Crippen LogP contribution >= 0.6 is 22.9 Å². The number of hydrogen-bond donors (Lipinski definition) is 0. The molecule has 0 saturated carbocycles. The molecule has 13 heteroatoms. The summed E-state index contributed by atoms with van der Waals surface area (Å²) in [5, 5.41) is 4.92. The van der Waals surface area contributed by atoms with Crippen molar-refractivity contribution in [3.8, 4) is 5.88 Å². The quantitative estimate of drug-likeness (QED) is 0.174. The van der Waals surface area contributed by atoms with Crippen molar-refractivity contribution in [2.45, 2.75) is 70.9 Å². The molecule has 2 aliphatic heterocycles. The van der Waals surface area contributed by atoms with E-state index in [1.807, 2.05) is 79.5 Å². The summed E-state index contributed by atoms with van der Waals surface area (Å²) in [6.45, 7) is 9.00. The third kappa shape index (κ3) is 5.50. The van der Waals surface area contributed by atoms with Crippen LogP contribution in [0.1, 0.15) is 53.8 Å². The first-order valence-corrected chi connectivity index (χ1v) is 18.1. The van der Waals surface area contributed by atoms with Crippen molar-refractivity contribution in [2.75, 3.05) is 6.54 Å². The lowest BCUT2D eigenvalue weighted by Crippen LogP contribution is -2.49. The average Bonchev–Trinajstić information content (AvgIpc) is 3.56. The number of rotatable bonds is 5. The Bertz CT molecular complexity index is 2110. The summed E-state index contributed by atoms with van der Waals surface area (Å²) < 4.78 is 46.1. The molecule has 6 bridgehead atoms. The molecule has 0 radical (unpaired) electrons. The maximum absolute atomic E-state index is 14.1. The van der Waals surface area contributed by atoms with Crippen LogP contribution in [-0.2, 0) is 45.8 Å². The second kappa shape index (κ2) is 12.0. The fourth-order valence-electron chi connectivity index (χ4n) is 6.68. The van der Waals surface area contributed by atoms with Crippen LogP contribution in [0, 0.1) is 12.3 Å². The molecule has 0 aliphatic carbocycles. The largest absolute Gasteiger partial charge is 0.468 e. The van der Waals surface area contributed by atoms with E-state index in [1.54, 1.807) is 6.07 Å². The molecule has 2 aromatic carbocycles. The Morgan fingerprint density at radius 2 is 1.96 bits per heavy atom. The molecular formula is C34H35ClN5O5S2+. The summed E-state index contributed by atoms with van der Waals surface area (Å²) >= 11 is 8.29. The Labute approximate surface area is 282 Å². The van der Waals surface area contributed by atoms with Crippen LogP contribution in [0.4, 0.5) is 0 Å². The van der Waals surface area contributed by atoms with Crippen LogP contribution in [0.15, 0.2) is 71.8 Å². The number of esters is 1. The molecule has 5 heterocycles. The molecule has 0 fully saturated rings. The molecule has 0 N–H and O–H groups in total. The lowest BCUT2D eigenvalue weighted by atomic mass is 9.72. The highest BCUT2D eigenvalue weighted by Gasteiger charge is 2.44. The van der Waals surface area contributed by atoms with Crippen LogP contribution in [-0.4, -0.2) is 46.2 Å². The van der Waals surface area contributed by atoms with Crippen LogP contribution in [0.3, 0.4) is 0 Å². The number of carbonyl (C=O) groups is 1. The molecule has 0 amide bonds. The summed E-state index contributed by atoms with van der Waals surface area (Å²) in [6, 6.07) is 18.7. The van der Waals surface area contributed by atoms with Crippen molar-refractivity contribution in [1.82, 2.24) is 19.2 Å². The van der Waals surface area contributed by atoms with E-state index in [4.69, 9.17) is 26.3 Å². The van der Waals surface area contributed by atoms with Gasteiger partial charge in [0.15, 0.2) is 18.2 Å². The maximum atomic E-state index is 14.1. The topological polar surface area (TPSA) is 108 Å². The van der Waals surface area contributed by atoms with Crippen molar-refractivity contribution in [2.24, 2.45) is 5.41 Å². The smallest absolute Gasteiger partial charge is 0.312 e. The number of aromatic nitrogens is 4. The van der Waals surface area contributed by atoms with Crippen molar-refractivity contribution in [3.63, 3.8) is 0 Å². The summed E-state index contributed by atoms with van der Waals surface area (Å²) in [5.74, 6) is -0.743. The minimum absolute atomic E-state index is 0.00811. The third-order valence-corrected chi connectivity index (χ3v) is 12.4. The van der Waals surface area contributed by atoms with Gasteiger partial charge in [-0.1, -0.05) is 48.0 Å². The van der Waals surface area contributed by atoms with E-state index in [0.29, 0.717) is 16.4 Å². The fraction of sp³-hybridized carbons (Fsp3) is 0.353. The number of thiophene rings is 1. The first-order chi connectivity index (χ1) is 22.5. The van der Waals surface area contributed by atoms with Crippen molar-refractivity contribution in [3.05, 3.63) is 98.3 Å². The zero-order valence-corrected chi connectivity index (χ0v) is 28.9. The molecule has 47 heavy (non-hydrogen) atoms. The Morgan fingerprint density at radius 3 is 2.72 bits per heavy atom. The van der Waals surface area contributed by atoms with E-state index >= 15 is 0 Å². The van der Waals surface area contributed by atoms with Gasteiger partial charge in [-0.3, -0.25) is 4.79 Å². The van der Waals surface area contributed by atoms with Gasteiger partial charge in [0.05, 0.1) is 21.5 Å². The van der Waals surface area contributed by atoms with Crippen LogP contribution in [0.5, 0.6) is 5.88 Å². The molecule has 5 aromatic rings. The SMILES string of the molecule is CCn1n[n+]2c3c(C)c(ccc31)[C@@H](C(C)(C)C(=O)OCc1ccccc1)c1cc(c(Cl)s1)CN1C[C@@H](C2)Oc2ncccc2S1(=O)=O. The highest BCUT2D eigenvalue weighted by molar-refractivity contribution is 7.89. The van der Waals surface area contributed by atoms with E-state index in [1.165, 1.54) is 27.9 Å². The van der Waals surface area contributed by atoms with Gasteiger partial charge >= 0.3 is 5.97 Å². The molecule has 3 atom stereocenters. The van der Waals surface area contributed by atoms with Gasteiger partial charge in [-0.2, -0.15) is 4.31 Å². The first kappa shape index (κ1) is 31.7. The summed E-state index contributed by atoms with van der Waals surface area (Å²) in [5.41, 5.74) is 4.22. The molecule has 0 saturated heterocycles. The Kier molecular flexibility index (Phi) is 8.10. The fourth-order valence-corrected chi connectivity index (χ4v) is 9.79. The van der Waals surface area contributed by atoms with Gasteiger partial charge < -0.3 is 9.47 Å². The van der Waals surface area contributed by atoms with Crippen molar-refractivity contribution < 1.29 is 27.4 Å².